The van der Waals surface area contributed by atoms with E-state index in [2.05, 4.69) is 26.7 Å². The van der Waals surface area contributed by atoms with Gasteiger partial charge in [-0.2, -0.15) is 0 Å². The van der Waals surface area contributed by atoms with E-state index in [0.717, 1.165) is 6.42 Å². The molecule has 0 aliphatic rings. The van der Waals surface area contributed by atoms with E-state index < -0.39 is 11.9 Å². The maximum atomic E-state index is 9.60. The van der Waals surface area contributed by atoms with Crippen molar-refractivity contribution in [1.29, 1.82) is 0 Å². The fourth-order valence-corrected chi connectivity index (χ4v) is 0. The molecular weight excluding hydrogens is 264 g/mol. The number of carbonyl (C=O) groups is 2. The monoisotopic (exact) mass is 290 g/mol. The summed E-state index contributed by atoms with van der Waals surface area (Å²) in [5.41, 5.74) is 0.352. The van der Waals surface area contributed by atoms with E-state index in [0.29, 0.717) is 0 Å². The summed E-state index contributed by atoms with van der Waals surface area (Å²) < 4.78 is 0. The standard InChI is InChI=1S/2C4H6O2.C4H8.C2H6O2/c2*1-3(2)4(5)6;1-3-4-2;3-1-2-4/h2*1H2,2H3,(H,5,6);3H,1,4H2,2H3;3-4H,1-2H2. The number of allylic oxidation sites excluding steroid dienone is 1. The molecule has 0 aromatic rings. The van der Waals surface area contributed by atoms with Gasteiger partial charge in [0.15, 0.2) is 0 Å². The second-order valence-electron chi connectivity index (χ2n) is 3.32. The van der Waals surface area contributed by atoms with Crippen molar-refractivity contribution in [3.63, 3.8) is 0 Å². The minimum Gasteiger partial charge on any atom is -0.478 e. The zero-order valence-corrected chi connectivity index (χ0v) is 12.4. The first-order chi connectivity index (χ1) is 9.11. The van der Waals surface area contributed by atoms with E-state index in [9.17, 15) is 9.59 Å². The van der Waals surface area contributed by atoms with Crippen molar-refractivity contribution in [3.8, 4) is 0 Å². The van der Waals surface area contributed by atoms with Crippen molar-refractivity contribution < 1.29 is 30.0 Å². The first-order valence-electron chi connectivity index (χ1n) is 5.72. The van der Waals surface area contributed by atoms with Crippen LogP contribution < -0.4 is 0 Å². The van der Waals surface area contributed by atoms with Crippen LogP contribution in [0.4, 0.5) is 0 Å². The van der Waals surface area contributed by atoms with Crippen molar-refractivity contribution in [3.05, 3.63) is 37.0 Å². The topological polar surface area (TPSA) is 115 Å². The van der Waals surface area contributed by atoms with Gasteiger partial charge in [-0.3, -0.25) is 0 Å². The molecule has 0 aliphatic carbocycles. The quantitative estimate of drug-likeness (QED) is 0.464. The highest BCUT2D eigenvalue weighted by molar-refractivity contribution is 5.85. The number of aliphatic hydroxyl groups excluding tert-OH is 2. The van der Waals surface area contributed by atoms with Crippen LogP contribution in [0, 0.1) is 0 Å². The van der Waals surface area contributed by atoms with Crippen molar-refractivity contribution in [1.82, 2.24) is 0 Å². The van der Waals surface area contributed by atoms with Crippen molar-refractivity contribution in [2.45, 2.75) is 27.2 Å². The zero-order valence-electron chi connectivity index (χ0n) is 12.4. The van der Waals surface area contributed by atoms with Gasteiger partial charge in [0.05, 0.1) is 13.2 Å². The summed E-state index contributed by atoms with van der Waals surface area (Å²) in [6.45, 7) is 14.5. The number of aliphatic carboxylic acids is 2. The van der Waals surface area contributed by atoms with Gasteiger partial charge in [0, 0.05) is 11.1 Å². The number of rotatable bonds is 4. The van der Waals surface area contributed by atoms with E-state index in [1.54, 1.807) is 0 Å². The van der Waals surface area contributed by atoms with E-state index in [-0.39, 0.29) is 24.4 Å². The Bertz CT molecular complexity index is 244. The molecule has 0 aromatic carbocycles. The van der Waals surface area contributed by atoms with Crippen LogP contribution in [0.3, 0.4) is 0 Å². The van der Waals surface area contributed by atoms with E-state index in [1.807, 2.05) is 6.08 Å². The van der Waals surface area contributed by atoms with Crippen LogP contribution in [0.2, 0.25) is 0 Å². The van der Waals surface area contributed by atoms with Crippen molar-refractivity contribution in [2.24, 2.45) is 0 Å². The number of aliphatic hydroxyl groups is 2. The largest absolute Gasteiger partial charge is 0.478 e. The second kappa shape index (κ2) is 22.3. The predicted molar refractivity (Wildman–Crippen MR) is 79.6 cm³/mol. The van der Waals surface area contributed by atoms with Crippen LogP contribution in [-0.2, 0) is 9.59 Å². The van der Waals surface area contributed by atoms with E-state index in [4.69, 9.17) is 20.4 Å². The lowest BCUT2D eigenvalue weighted by Gasteiger charge is -1.79. The third kappa shape index (κ3) is 56.0. The molecule has 0 spiro atoms. The van der Waals surface area contributed by atoms with Crippen LogP contribution in [0.15, 0.2) is 37.0 Å². The molecule has 0 aliphatic heterocycles. The molecule has 20 heavy (non-hydrogen) atoms. The normalized spacial score (nSPS) is 7.25. The maximum Gasteiger partial charge on any atom is 0.330 e. The number of carboxylic acid groups (broad SMARTS) is 2. The smallest absolute Gasteiger partial charge is 0.330 e. The van der Waals surface area contributed by atoms with Crippen LogP contribution in [0.1, 0.15) is 27.2 Å². The lowest BCUT2D eigenvalue weighted by molar-refractivity contribution is -0.133. The Kier molecular flexibility index (Phi) is 29.6. The van der Waals surface area contributed by atoms with Crippen LogP contribution in [0.25, 0.3) is 0 Å². The van der Waals surface area contributed by atoms with Crippen LogP contribution in [-0.4, -0.2) is 45.6 Å². The minimum atomic E-state index is -0.935. The molecule has 0 unspecified atom stereocenters. The Morgan fingerprint density at radius 3 is 1.10 bits per heavy atom. The molecule has 4 N–H and O–H groups in total. The fourth-order valence-electron chi connectivity index (χ4n) is 0. The first-order valence-corrected chi connectivity index (χ1v) is 5.72. The maximum absolute atomic E-state index is 9.60. The molecular formula is C14H26O6. The lowest BCUT2D eigenvalue weighted by Crippen LogP contribution is -1.92. The molecule has 0 saturated carbocycles. The third-order valence-corrected chi connectivity index (χ3v) is 1.12. The highest BCUT2D eigenvalue weighted by Crippen LogP contribution is 1.81. The molecule has 0 radical (unpaired) electrons. The zero-order chi connectivity index (χ0) is 17.1. The Balaban J connectivity index is -0.0000000871. The fraction of sp³-hybridized carbons (Fsp3) is 0.429. The van der Waals surface area contributed by atoms with E-state index in [1.165, 1.54) is 13.8 Å². The Hall–Kier alpha value is -1.92. The molecule has 6 nitrogen and oxygen atoms in total. The third-order valence-electron chi connectivity index (χ3n) is 1.12. The van der Waals surface area contributed by atoms with Gasteiger partial charge in [-0.05, 0) is 20.3 Å². The van der Waals surface area contributed by atoms with Crippen molar-refractivity contribution >= 4 is 11.9 Å². The molecule has 0 bridgehead atoms. The predicted octanol–water partition coefficient (Wildman–Crippen LogP) is 1.85. The Morgan fingerprint density at radius 1 is 0.950 bits per heavy atom. The van der Waals surface area contributed by atoms with Gasteiger partial charge < -0.3 is 20.4 Å². The number of carboxylic acids is 2. The van der Waals surface area contributed by atoms with Gasteiger partial charge in [0.25, 0.3) is 0 Å². The summed E-state index contributed by atoms with van der Waals surface area (Å²) in [6.07, 6.45) is 2.96. The summed E-state index contributed by atoms with van der Waals surface area (Å²) >= 11 is 0. The Labute approximate surface area is 120 Å². The van der Waals surface area contributed by atoms with Gasteiger partial charge in [-0.25, -0.2) is 9.59 Å². The molecule has 0 rings (SSSR count). The summed E-state index contributed by atoms with van der Waals surface area (Å²) in [5.74, 6) is -1.87. The number of hydrogen-bond acceptors (Lipinski definition) is 4. The average molecular weight is 290 g/mol. The molecule has 0 heterocycles. The summed E-state index contributed by atoms with van der Waals surface area (Å²) in [7, 11) is 0. The van der Waals surface area contributed by atoms with Gasteiger partial charge in [-0.1, -0.05) is 26.2 Å². The molecule has 0 aromatic heterocycles. The highest BCUT2D eigenvalue weighted by Gasteiger charge is 1.90. The van der Waals surface area contributed by atoms with Crippen molar-refractivity contribution in [2.75, 3.05) is 13.2 Å². The molecule has 0 saturated heterocycles. The molecule has 118 valence electrons. The van der Waals surface area contributed by atoms with Crippen LogP contribution in [0.5, 0.6) is 0 Å². The van der Waals surface area contributed by atoms with Gasteiger partial charge in [0.2, 0.25) is 0 Å². The first kappa shape index (κ1) is 26.6. The van der Waals surface area contributed by atoms with E-state index >= 15 is 0 Å². The second-order valence-corrected chi connectivity index (χ2v) is 3.32. The lowest BCUT2D eigenvalue weighted by atomic mass is 10.4. The Morgan fingerprint density at radius 2 is 1.10 bits per heavy atom. The summed E-state index contributed by atoms with van der Waals surface area (Å²) in [6, 6.07) is 0. The van der Waals surface area contributed by atoms with Gasteiger partial charge in [0.1, 0.15) is 0 Å². The van der Waals surface area contributed by atoms with Crippen LogP contribution >= 0.6 is 0 Å². The SMILES string of the molecule is C=C(C)C(=O)O.C=C(C)C(=O)O.C=CCC.OCCO. The minimum absolute atomic E-state index is 0.125. The van der Waals surface area contributed by atoms with Gasteiger partial charge in [-0.15, -0.1) is 6.58 Å². The molecule has 0 atom stereocenters. The molecule has 0 fully saturated rings. The summed E-state index contributed by atoms with van der Waals surface area (Å²) in [4.78, 5) is 19.2. The molecule has 6 heteroatoms. The average Bonchev–Trinajstić information content (AvgIpc) is 2.39. The highest BCUT2D eigenvalue weighted by atomic mass is 16.4. The number of hydrogen-bond donors (Lipinski definition) is 4. The van der Waals surface area contributed by atoms with Gasteiger partial charge >= 0.3 is 11.9 Å². The molecule has 0 amide bonds. The summed E-state index contributed by atoms with van der Waals surface area (Å²) in [5, 5.41) is 31.0.